The third-order valence-corrected chi connectivity index (χ3v) is 3.82. The van der Waals surface area contributed by atoms with Gasteiger partial charge in [-0.3, -0.25) is 4.79 Å². The maximum absolute atomic E-state index is 12.5. The van der Waals surface area contributed by atoms with Crippen molar-refractivity contribution in [1.82, 2.24) is 10.2 Å². The van der Waals surface area contributed by atoms with Crippen LogP contribution in [0.3, 0.4) is 0 Å². The van der Waals surface area contributed by atoms with Gasteiger partial charge in [0.1, 0.15) is 6.04 Å². The number of amides is 1. The number of carbonyl (C=O) groups is 1. The van der Waals surface area contributed by atoms with Crippen LogP contribution in [0, 0.1) is 0 Å². The summed E-state index contributed by atoms with van der Waals surface area (Å²) in [6.07, 6.45) is 0. The molecule has 2 atom stereocenters. The average molecular weight is 262 g/mol. The fraction of sp³-hybridized carbons (Fsp3) is 0.533. The number of aliphatic hydroxyl groups excluding tert-OH is 1. The van der Waals surface area contributed by atoms with Crippen LogP contribution in [0.25, 0.3) is 0 Å². The Bertz CT molecular complexity index is 445. The zero-order valence-corrected chi connectivity index (χ0v) is 11.8. The van der Waals surface area contributed by atoms with Crippen LogP contribution in [0.15, 0.2) is 30.3 Å². The van der Waals surface area contributed by atoms with Crippen molar-refractivity contribution < 1.29 is 9.90 Å². The topological polar surface area (TPSA) is 52.6 Å². The number of aliphatic hydroxyl groups is 1. The first-order valence-electron chi connectivity index (χ1n) is 6.70. The number of nitrogens with zero attached hydrogens (tertiary/aromatic N) is 1. The highest BCUT2D eigenvalue weighted by Gasteiger charge is 2.42. The standard InChI is InChI=1S/C15H22N2O2/c1-11(12-7-5-4-6-8-12)17-14(19)13(9-18)16-10-15(17,2)3/h4-8,11,13,16,18H,9-10H2,1-3H3. The van der Waals surface area contributed by atoms with Crippen molar-refractivity contribution in [2.24, 2.45) is 0 Å². The molecule has 1 aliphatic rings. The van der Waals surface area contributed by atoms with E-state index in [1.54, 1.807) is 0 Å². The van der Waals surface area contributed by atoms with Crippen LogP contribution >= 0.6 is 0 Å². The van der Waals surface area contributed by atoms with E-state index in [9.17, 15) is 9.90 Å². The van der Waals surface area contributed by atoms with Gasteiger partial charge in [0.25, 0.3) is 0 Å². The lowest BCUT2D eigenvalue weighted by molar-refractivity contribution is -0.147. The molecule has 0 aliphatic carbocycles. The molecule has 2 unspecified atom stereocenters. The minimum absolute atomic E-state index is 0.000139. The Hall–Kier alpha value is -1.39. The van der Waals surface area contributed by atoms with E-state index < -0.39 is 6.04 Å². The largest absolute Gasteiger partial charge is 0.394 e. The van der Waals surface area contributed by atoms with Gasteiger partial charge in [-0.2, -0.15) is 0 Å². The highest BCUT2D eigenvalue weighted by atomic mass is 16.3. The van der Waals surface area contributed by atoms with Gasteiger partial charge in [-0.05, 0) is 26.3 Å². The van der Waals surface area contributed by atoms with Crippen molar-refractivity contribution >= 4 is 5.91 Å². The first-order valence-corrected chi connectivity index (χ1v) is 6.70. The summed E-state index contributed by atoms with van der Waals surface area (Å²) in [5.74, 6) is -0.0323. The van der Waals surface area contributed by atoms with Gasteiger partial charge in [-0.25, -0.2) is 0 Å². The molecule has 2 rings (SSSR count). The predicted octanol–water partition coefficient (Wildman–Crippen LogP) is 1.32. The molecule has 0 spiro atoms. The predicted molar refractivity (Wildman–Crippen MR) is 74.7 cm³/mol. The van der Waals surface area contributed by atoms with Crippen molar-refractivity contribution in [3.63, 3.8) is 0 Å². The Morgan fingerprint density at radius 1 is 1.42 bits per heavy atom. The molecule has 0 radical (unpaired) electrons. The van der Waals surface area contributed by atoms with E-state index in [0.29, 0.717) is 6.54 Å². The Balaban J connectivity index is 2.31. The summed E-state index contributed by atoms with van der Waals surface area (Å²) in [6, 6.07) is 9.51. The normalized spacial score (nSPS) is 24.3. The molecule has 19 heavy (non-hydrogen) atoms. The van der Waals surface area contributed by atoms with Gasteiger partial charge in [0.15, 0.2) is 0 Å². The second-order valence-corrected chi connectivity index (χ2v) is 5.72. The highest BCUT2D eigenvalue weighted by Crippen LogP contribution is 2.30. The number of hydrogen-bond donors (Lipinski definition) is 2. The van der Waals surface area contributed by atoms with Gasteiger partial charge in [-0.15, -0.1) is 0 Å². The van der Waals surface area contributed by atoms with Crippen molar-refractivity contribution in [2.45, 2.75) is 38.4 Å². The van der Waals surface area contributed by atoms with Crippen LogP contribution in [0.2, 0.25) is 0 Å². The number of nitrogens with one attached hydrogen (secondary N) is 1. The maximum atomic E-state index is 12.5. The molecule has 4 nitrogen and oxygen atoms in total. The Morgan fingerprint density at radius 2 is 2.05 bits per heavy atom. The molecule has 1 aromatic carbocycles. The molecule has 1 saturated heterocycles. The van der Waals surface area contributed by atoms with Gasteiger partial charge in [-0.1, -0.05) is 30.3 Å². The first-order chi connectivity index (χ1) is 8.97. The molecule has 1 aliphatic heterocycles. The maximum Gasteiger partial charge on any atom is 0.243 e. The lowest BCUT2D eigenvalue weighted by Crippen LogP contribution is -2.66. The van der Waals surface area contributed by atoms with Gasteiger partial charge < -0.3 is 15.3 Å². The summed E-state index contributed by atoms with van der Waals surface area (Å²) in [4.78, 5) is 14.4. The molecule has 0 aromatic heterocycles. The van der Waals surface area contributed by atoms with Gasteiger partial charge >= 0.3 is 0 Å². The first kappa shape index (κ1) is 14.0. The third kappa shape index (κ3) is 2.65. The molecular weight excluding hydrogens is 240 g/mol. The number of hydrogen-bond acceptors (Lipinski definition) is 3. The fourth-order valence-corrected chi connectivity index (χ4v) is 2.75. The number of piperazine rings is 1. The number of benzene rings is 1. The van der Waals surface area contributed by atoms with Gasteiger partial charge in [0.2, 0.25) is 5.91 Å². The quantitative estimate of drug-likeness (QED) is 0.864. The molecule has 1 fully saturated rings. The van der Waals surface area contributed by atoms with Crippen LogP contribution in [0.1, 0.15) is 32.4 Å². The van der Waals surface area contributed by atoms with Crippen molar-refractivity contribution in [3.8, 4) is 0 Å². The molecule has 0 saturated carbocycles. The Labute approximate surface area is 114 Å². The van der Waals surface area contributed by atoms with E-state index in [2.05, 4.69) is 5.32 Å². The summed E-state index contributed by atoms with van der Waals surface area (Å²) in [5, 5.41) is 12.4. The average Bonchev–Trinajstić information content (AvgIpc) is 2.39. The summed E-state index contributed by atoms with van der Waals surface area (Å²) < 4.78 is 0. The van der Waals surface area contributed by atoms with Crippen LogP contribution < -0.4 is 5.32 Å². The lowest BCUT2D eigenvalue weighted by Gasteiger charge is -2.48. The summed E-state index contributed by atoms with van der Waals surface area (Å²) >= 11 is 0. The summed E-state index contributed by atoms with van der Waals surface area (Å²) in [6.45, 7) is 6.65. The van der Waals surface area contributed by atoms with E-state index >= 15 is 0 Å². The molecule has 0 bridgehead atoms. The summed E-state index contributed by atoms with van der Waals surface area (Å²) in [7, 11) is 0. The Kier molecular flexibility index (Phi) is 3.92. The van der Waals surface area contributed by atoms with E-state index in [4.69, 9.17) is 0 Å². The second-order valence-electron chi connectivity index (χ2n) is 5.72. The minimum Gasteiger partial charge on any atom is -0.394 e. The van der Waals surface area contributed by atoms with E-state index in [1.807, 2.05) is 56.0 Å². The zero-order valence-electron chi connectivity index (χ0n) is 11.8. The molecule has 104 valence electrons. The van der Waals surface area contributed by atoms with Crippen molar-refractivity contribution in [3.05, 3.63) is 35.9 Å². The van der Waals surface area contributed by atoms with Crippen LogP contribution in [-0.2, 0) is 4.79 Å². The third-order valence-electron chi connectivity index (χ3n) is 3.82. The molecule has 4 heteroatoms. The lowest BCUT2D eigenvalue weighted by atomic mass is 9.92. The minimum atomic E-state index is -0.487. The highest BCUT2D eigenvalue weighted by molar-refractivity contribution is 5.84. The summed E-state index contributed by atoms with van der Waals surface area (Å²) in [5.41, 5.74) is 0.848. The fourth-order valence-electron chi connectivity index (χ4n) is 2.75. The molecule has 1 aromatic rings. The molecule has 1 heterocycles. The second kappa shape index (κ2) is 5.31. The van der Waals surface area contributed by atoms with Crippen LogP contribution in [-0.4, -0.2) is 40.6 Å². The SMILES string of the molecule is CC(c1ccccc1)N1C(=O)C(CO)NCC1(C)C. The van der Waals surface area contributed by atoms with E-state index in [-0.39, 0.29) is 24.1 Å². The van der Waals surface area contributed by atoms with Crippen LogP contribution in [0.4, 0.5) is 0 Å². The van der Waals surface area contributed by atoms with Gasteiger partial charge in [0.05, 0.1) is 18.2 Å². The van der Waals surface area contributed by atoms with E-state index in [1.165, 1.54) is 0 Å². The monoisotopic (exact) mass is 262 g/mol. The van der Waals surface area contributed by atoms with Crippen molar-refractivity contribution in [1.29, 1.82) is 0 Å². The van der Waals surface area contributed by atoms with Crippen LogP contribution in [0.5, 0.6) is 0 Å². The van der Waals surface area contributed by atoms with Crippen molar-refractivity contribution in [2.75, 3.05) is 13.2 Å². The van der Waals surface area contributed by atoms with E-state index in [0.717, 1.165) is 5.56 Å². The number of carbonyl (C=O) groups excluding carboxylic acids is 1. The number of rotatable bonds is 3. The molecule has 1 amide bonds. The molecule has 2 N–H and O–H groups in total. The molecular formula is C15H22N2O2. The Morgan fingerprint density at radius 3 is 2.63 bits per heavy atom. The zero-order chi connectivity index (χ0) is 14.0. The smallest absolute Gasteiger partial charge is 0.243 e. The van der Waals surface area contributed by atoms with Gasteiger partial charge in [0, 0.05) is 6.54 Å².